The lowest BCUT2D eigenvalue weighted by Gasteiger charge is -2.22. The highest BCUT2D eigenvalue weighted by Crippen LogP contribution is 2.34. The summed E-state index contributed by atoms with van der Waals surface area (Å²) in [5.74, 6) is -0.503. The van der Waals surface area contributed by atoms with E-state index in [1.54, 1.807) is 11.5 Å². The Morgan fingerprint density at radius 3 is 2.24 bits per heavy atom. The van der Waals surface area contributed by atoms with E-state index in [9.17, 15) is 17.8 Å². The van der Waals surface area contributed by atoms with Crippen LogP contribution in [-0.2, 0) is 22.5 Å². The quantitative estimate of drug-likeness (QED) is 0.150. The zero-order valence-electron chi connectivity index (χ0n) is 25.2. The van der Waals surface area contributed by atoms with Crippen LogP contribution < -0.4 is 10.0 Å². The fourth-order valence-electron chi connectivity index (χ4n) is 6.10. The van der Waals surface area contributed by atoms with Crippen LogP contribution in [-0.4, -0.2) is 30.8 Å². The van der Waals surface area contributed by atoms with Gasteiger partial charge in [-0.05, 0) is 65.3 Å². The molecule has 1 aliphatic rings. The molecule has 1 atom stereocenters. The van der Waals surface area contributed by atoms with Crippen LogP contribution in [0.25, 0.3) is 28.1 Å². The summed E-state index contributed by atoms with van der Waals surface area (Å²) in [6, 6.07) is 28.2. The summed E-state index contributed by atoms with van der Waals surface area (Å²) in [5, 5.41) is 1.67. The zero-order chi connectivity index (χ0) is 32.0. The Hall–Kier alpha value is -4.51. The first-order chi connectivity index (χ1) is 22.3. The van der Waals surface area contributed by atoms with Crippen molar-refractivity contribution in [3.63, 3.8) is 0 Å². The summed E-state index contributed by atoms with van der Waals surface area (Å²) in [7, 11) is 0. The maximum atomic E-state index is 14.8. The highest BCUT2D eigenvalue weighted by molar-refractivity contribution is 7.77. The van der Waals surface area contributed by atoms with Crippen molar-refractivity contribution in [2.24, 2.45) is 0 Å². The summed E-state index contributed by atoms with van der Waals surface area (Å²) in [6.45, 7) is -0.0189. The lowest BCUT2D eigenvalue weighted by atomic mass is 9.83. The number of carbonyl (C=O) groups is 1. The number of carbonyl (C=O) groups excluding carboxylic acids is 1. The Morgan fingerprint density at radius 1 is 0.913 bits per heavy atom. The molecule has 0 spiro atoms. The minimum absolute atomic E-state index is 0.0189. The largest absolute Gasteiger partial charge is 0.420 e. The van der Waals surface area contributed by atoms with Gasteiger partial charge in [-0.25, -0.2) is 18.5 Å². The Bertz CT molecular complexity index is 1840. The molecule has 1 saturated carbocycles. The second-order valence-corrected chi connectivity index (χ2v) is 12.4. The van der Waals surface area contributed by atoms with Crippen molar-refractivity contribution in [1.29, 1.82) is 0 Å². The van der Waals surface area contributed by atoms with Crippen LogP contribution in [0, 0.1) is 11.6 Å². The molecule has 0 aliphatic heterocycles. The highest BCUT2D eigenvalue weighted by Gasteiger charge is 2.17. The minimum atomic E-state index is -2.16. The Morgan fingerprint density at radius 2 is 1.59 bits per heavy atom. The van der Waals surface area contributed by atoms with Gasteiger partial charge in [-0.2, -0.15) is 4.21 Å². The molecular weight excluding hydrogens is 606 g/mol. The van der Waals surface area contributed by atoms with E-state index >= 15 is 0 Å². The summed E-state index contributed by atoms with van der Waals surface area (Å²) in [6.07, 6.45) is 8.74. The first kappa shape index (κ1) is 31.5. The maximum absolute atomic E-state index is 14.8. The monoisotopic (exact) mass is 642 g/mol. The first-order valence-corrected chi connectivity index (χ1v) is 16.6. The summed E-state index contributed by atoms with van der Waals surface area (Å²) >= 11 is -2.16. The van der Waals surface area contributed by atoms with E-state index in [4.69, 9.17) is 9.54 Å². The molecule has 0 saturated heterocycles. The fourth-order valence-corrected chi connectivity index (χ4v) is 6.39. The smallest absolute Gasteiger partial charge is 0.333 e. The lowest BCUT2D eigenvalue weighted by Crippen LogP contribution is -2.80. The number of nitrogens with two attached hydrogens (primary N) is 1. The standard InChI is InChI=1S/C36H34F2N4O3S/c37-29-14-19-32(33(38)21-29)34-23-42(31-17-15-30(16-18-31)39-22-36(43)41-46(44)45)35(40-34)20-24-6-8-26(9-7-24)28-12-10-27(11-13-28)25-4-2-1-3-5-25/h6-19,21,23,25,39H,1-5,20,22H2,(H,41,43)(H,44,45)/p+2. The van der Waals surface area contributed by atoms with E-state index in [1.807, 2.05) is 33.6 Å². The molecule has 0 radical (unpaired) electrons. The van der Waals surface area contributed by atoms with Crippen LogP contribution in [0.15, 0.2) is 97.2 Å². The Kier molecular flexibility index (Phi) is 9.77. The topological polar surface area (TPSA) is 104 Å². The number of hydrogen-bond acceptors (Lipinski definition) is 3. The predicted molar refractivity (Wildman–Crippen MR) is 176 cm³/mol. The van der Waals surface area contributed by atoms with E-state index in [1.165, 1.54) is 55.4 Å². The van der Waals surface area contributed by atoms with Gasteiger partial charge in [0.25, 0.3) is 5.91 Å². The number of rotatable bonds is 10. The number of halogens is 2. The van der Waals surface area contributed by atoms with Gasteiger partial charge in [0, 0.05) is 42.1 Å². The molecule has 1 unspecified atom stereocenters. The third-order valence-electron chi connectivity index (χ3n) is 8.52. The van der Waals surface area contributed by atoms with Crippen molar-refractivity contribution in [2.45, 2.75) is 44.4 Å². The lowest BCUT2D eigenvalue weighted by molar-refractivity contribution is -0.559. The molecule has 6 rings (SSSR count). The van der Waals surface area contributed by atoms with Gasteiger partial charge in [-0.3, -0.25) is 4.79 Å². The third-order valence-corrected chi connectivity index (χ3v) is 8.94. The zero-order valence-corrected chi connectivity index (χ0v) is 26.0. The van der Waals surface area contributed by atoms with E-state index in [-0.39, 0.29) is 12.1 Å². The number of benzene rings is 4. The number of nitrogens with one attached hydrogen (secondary N) is 1. The van der Waals surface area contributed by atoms with Gasteiger partial charge in [0.1, 0.15) is 23.1 Å². The number of amides is 1. The number of hydrogen-bond donors (Lipinski definition) is 2. The Labute approximate surface area is 269 Å². The molecule has 1 amide bonds. The van der Waals surface area contributed by atoms with Crippen LogP contribution >= 0.6 is 0 Å². The summed E-state index contributed by atoms with van der Waals surface area (Å²) < 4.78 is 50.2. The predicted octanol–water partition coefficient (Wildman–Crippen LogP) is 5.74. The van der Waals surface area contributed by atoms with Crippen molar-refractivity contribution >= 4 is 22.9 Å². The molecule has 0 bridgehead atoms. The van der Waals surface area contributed by atoms with Gasteiger partial charge in [0.15, 0.2) is 6.54 Å². The van der Waals surface area contributed by atoms with Crippen molar-refractivity contribution in [1.82, 2.24) is 14.3 Å². The van der Waals surface area contributed by atoms with Crippen LogP contribution in [0.3, 0.4) is 0 Å². The molecule has 1 heterocycles. The van der Waals surface area contributed by atoms with Crippen molar-refractivity contribution in [2.75, 3.05) is 6.54 Å². The first-order valence-electron chi connectivity index (χ1n) is 15.4. The van der Waals surface area contributed by atoms with Crippen LogP contribution in [0.4, 0.5) is 14.5 Å². The Balaban J connectivity index is 1.23. The second-order valence-electron chi connectivity index (χ2n) is 11.7. The molecule has 4 aromatic carbocycles. The highest BCUT2D eigenvalue weighted by atomic mass is 32.2. The molecule has 46 heavy (non-hydrogen) atoms. The number of quaternary nitrogens is 1. The van der Waals surface area contributed by atoms with Crippen LogP contribution in [0.1, 0.15) is 55.0 Å². The molecule has 10 heteroatoms. The van der Waals surface area contributed by atoms with Gasteiger partial charge in [-0.1, -0.05) is 67.8 Å². The van der Waals surface area contributed by atoms with Gasteiger partial charge in [-0.15, -0.1) is 0 Å². The molecule has 1 aromatic heterocycles. The number of nitrogens with zero attached hydrogens (tertiary/aromatic N) is 2. The van der Waals surface area contributed by atoms with Crippen LogP contribution in [0.2, 0.25) is 0 Å². The van der Waals surface area contributed by atoms with Gasteiger partial charge < -0.3 is 14.4 Å². The molecule has 5 N–H and O–H groups in total. The second kappa shape index (κ2) is 14.3. The fraction of sp³-hybridized carbons (Fsp3) is 0.222. The van der Waals surface area contributed by atoms with Crippen molar-refractivity contribution in [3.05, 3.63) is 126 Å². The van der Waals surface area contributed by atoms with Gasteiger partial charge in [0.05, 0.1) is 5.69 Å². The average molecular weight is 643 g/mol. The maximum Gasteiger partial charge on any atom is 0.420 e. The van der Waals surface area contributed by atoms with Gasteiger partial charge >= 0.3 is 11.3 Å². The van der Waals surface area contributed by atoms with Crippen LogP contribution in [0.5, 0.6) is 0 Å². The number of imidazole rings is 1. The molecule has 5 aromatic rings. The molecule has 7 nitrogen and oxygen atoms in total. The third kappa shape index (κ3) is 7.64. The summed E-state index contributed by atoms with van der Waals surface area (Å²) in [4.78, 5) is 16.6. The minimum Gasteiger partial charge on any atom is -0.333 e. The van der Waals surface area contributed by atoms with E-state index < -0.39 is 28.8 Å². The van der Waals surface area contributed by atoms with Crippen molar-refractivity contribution in [3.8, 4) is 28.1 Å². The molecule has 1 fully saturated rings. The average Bonchev–Trinajstić information content (AvgIpc) is 3.47. The van der Waals surface area contributed by atoms with E-state index in [2.05, 4.69) is 48.5 Å². The normalized spacial score (nSPS) is 14.2. The molecule has 236 valence electrons. The van der Waals surface area contributed by atoms with Gasteiger partial charge in [0.2, 0.25) is 0 Å². The SMILES string of the molecule is O=C(C[NH2+]c1ccc(-n2cc(-c3ccc(F)cc3F)nc2Cc2ccc(-c3ccc(C4CCCCC4)cc3)cc2)cc1)NS(=O)[OH2+]. The summed E-state index contributed by atoms with van der Waals surface area (Å²) in [5.41, 5.74) is 6.90. The molecule has 1 aliphatic carbocycles. The van der Waals surface area contributed by atoms with E-state index in [0.29, 0.717) is 23.9 Å². The van der Waals surface area contributed by atoms with E-state index in [0.717, 1.165) is 28.6 Å². The number of aromatic nitrogens is 2. The molecular formula is C36H36F2N4O3S+2. The van der Waals surface area contributed by atoms with Crippen molar-refractivity contribution < 1.29 is 27.7 Å².